The molecule has 9 heteroatoms. The molecule has 182 valence electrons. The van der Waals surface area contributed by atoms with Crippen LogP contribution in [-0.2, 0) is 14.3 Å². The van der Waals surface area contributed by atoms with Crippen LogP contribution < -0.4 is 19.8 Å². The van der Waals surface area contributed by atoms with E-state index in [9.17, 15) is 9.59 Å². The first kappa shape index (κ1) is 24.9. The number of nitrogens with zero attached hydrogens (tertiary/aromatic N) is 3. The molecule has 7 nitrogen and oxygen atoms in total. The van der Waals surface area contributed by atoms with E-state index in [0.717, 1.165) is 11.3 Å². The molecule has 0 fully saturated rings. The number of hydrogen-bond donors (Lipinski definition) is 0. The fourth-order valence-electron chi connectivity index (χ4n) is 3.89. The van der Waals surface area contributed by atoms with Crippen LogP contribution in [-0.4, -0.2) is 45.0 Å². The molecule has 1 aliphatic heterocycles. The zero-order chi connectivity index (χ0) is 25.1. The van der Waals surface area contributed by atoms with Crippen molar-refractivity contribution in [1.82, 2.24) is 4.57 Å². The van der Waals surface area contributed by atoms with E-state index in [1.807, 2.05) is 61.5 Å². The number of carbonyl (C=O) groups excluding carboxylic acids is 1. The van der Waals surface area contributed by atoms with E-state index in [-0.39, 0.29) is 24.3 Å². The van der Waals surface area contributed by atoms with Crippen molar-refractivity contribution in [2.45, 2.75) is 13.0 Å². The van der Waals surface area contributed by atoms with Crippen molar-refractivity contribution in [2.24, 2.45) is 4.99 Å². The van der Waals surface area contributed by atoms with Crippen LogP contribution in [0.15, 0.2) is 69.6 Å². The summed E-state index contributed by atoms with van der Waals surface area (Å²) in [7, 11) is 5.48. The second kappa shape index (κ2) is 10.6. The lowest BCUT2D eigenvalue weighted by atomic mass is 9.96. The fourth-order valence-corrected chi connectivity index (χ4v) is 5.17. The summed E-state index contributed by atoms with van der Waals surface area (Å²) in [5, 5.41) is 0.447. The standard InChI is InChI=1S/C26H26ClN3O4S/c1-16-22(25(32)34-14-13-33-4)23(19-7-5-6-8-20(19)27)30-24(31)21(35-26(30)28-16)15-17-9-11-18(12-10-17)29(2)3/h5-12,15,23H,13-14H2,1-4H3/b21-15-/t23-/m0/s1. The summed E-state index contributed by atoms with van der Waals surface area (Å²) in [6, 6.07) is 14.3. The lowest BCUT2D eigenvalue weighted by molar-refractivity contribution is -0.140. The third-order valence-electron chi connectivity index (χ3n) is 5.67. The normalized spacial score (nSPS) is 15.6. The maximum atomic E-state index is 13.7. The molecule has 1 aromatic heterocycles. The molecule has 0 saturated carbocycles. The highest BCUT2D eigenvalue weighted by Gasteiger charge is 2.34. The van der Waals surface area contributed by atoms with Crippen molar-refractivity contribution in [3.8, 4) is 0 Å². The van der Waals surface area contributed by atoms with Gasteiger partial charge < -0.3 is 14.4 Å². The number of ether oxygens (including phenoxy) is 2. The van der Waals surface area contributed by atoms with Gasteiger partial charge >= 0.3 is 5.97 Å². The average molecular weight is 512 g/mol. The largest absolute Gasteiger partial charge is 0.460 e. The number of aromatic nitrogens is 1. The van der Waals surface area contributed by atoms with Crippen LogP contribution in [0.4, 0.5) is 5.69 Å². The summed E-state index contributed by atoms with van der Waals surface area (Å²) in [6.45, 7) is 2.10. The number of allylic oxidation sites excluding steroid dienone is 1. The number of carbonyl (C=O) groups is 1. The van der Waals surface area contributed by atoms with Gasteiger partial charge in [-0.25, -0.2) is 9.79 Å². The minimum Gasteiger partial charge on any atom is -0.460 e. The van der Waals surface area contributed by atoms with Crippen LogP contribution >= 0.6 is 22.9 Å². The molecular formula is C26H26ClN3O4S. The summed E-state index contributed by atoms with van der Waals surface area (Å²) < 4.78 is 12.5. The number of benzene rings is 2. The third kappa shape index (κ3) is 5.10. The molecule has 4 rings (SSSR count). The molecule has 35 heavy (non-hydrogen) atoms. The van der Waals surface area contributed by atoms with Crippen LogP contribution in [0.5, 0.6) is 0 Å². The van der Waals surface area contributed by atoms with Gasteiger partial charge in [0.25, 0.3) is 5.56 Å². The first-order chi connectivity index (χ1) is 16.8. The van der Waals surface area contributed by atoms with Gasteiger partial charge in [0.05, 0.1) is 22.4 Å². The summed E-state index contributed by atoms with van der Waals surface area (Å²) in [5.41, 5.74) is 3.11. The Morgan fingerprint density at radius 1 is 1.17 bits per heavy atom. The molecule has 0 amide bonds. The van der Waals surface area contributed by atoms with E-state index in [1.165, 1.54) is 23.0 Å². The van der Waals surface area contributed by atoms with Gasteiger partial charge in [0.1, 0.15) is 12.6 Å². The minimum atomic E-state index is -0.756. The highest BCUT2D eigenvalue weighted by atomic mass is 35.5. The van der Waals surface area contributed by atoms with Crippen molar-refractivity contribution in [3.05, 3.63) is 95.6 Å². The van der Waals surface area contributed by atoms with E-state index >= 15 is 0 Å². The van der Waals surface area contributed by atoms with Gasteiger partial charge in [-0.2, -0.15) is 0 Å². The predicted octanol–water partition coefficient (Wildman–Crippen LogP) is 3.14. The number of fused-ring (bicyclic) bond motifs is 1. The predicted molar refractivity (Wildman–Crippen MR) is 139 cm³/mol. The molecule has 3 aromatic rings. The number of halogens is 1. The van der Waals surface area contributed by atoms with Crippen LogP contribution in [0.1, 0.15) is 24.1 Å². The number of thiazole rings is 1. The SMILES string of the molecule is COCCOC(=O)C1=C(C)N=c2s/c(=C\c3ccc(N(C)C)cc3)c(=O)n2[C@H]1c1ccccc1Cl. The monoisotopic (exact) mass is 511 g/mol. The molecule has 0 bridgehead atoms. The molecular weight excluding hydrogens is 486 g/mol. The molecule has 0 spiro atoms. The van der Waals surface area contributed by atoms with Gasteiger partial charge in [-0.05, 0) is 42.3 Å². The topological polar surface area (TPSA) is 73.1 Å². The third-order valence-corrected chi connectivity index (χ3v) is 7.00. The minimum absolute atomic E-state index is 0.0920. The van der Waals surface area contributed by atoms with Crippen LogP contribution in [0, 0.1) is 0 Å². The molecule has 0 aliphatic carbocycles. The van der Waals surface area contributed by atoms with E-state index < -0.39 is 12.0 Å². The van der Waals surface area contributed by atoms with Gasteiger partial charge in [0.2, 0.25) is 0 Å². The van der Waals surface area contributed by atoms with Crippen LogP contribution in [0.3, 0.4) is 0 Å². The summed E-state index contributed by atoms with van der Waals surface area (Å²) in [6.07, 6.45) is 1.84. The quantitative estimate of drug-likeness (QED) is 0.360. The number of methoxy groups -OCH3 is 1. The van der Waals surface area contributed by atoms with Gasteiger partial charge in [-0.1, -0.05) is 53.3 Å². The lowest BCUT2D eigenvalue weighted by Gasteiger charge is -2.25. The van der Waals surface area contributed by atoms with E-state index in [2.05, 4.69) is 4.99 Å². The first-order valence-corrected chi connectivity index (χ1v) is 12.2. The Balaban J connectivity index is 1.86. The number of hydrogen-bond acceptors (Lipinski definition) is 7. The second-order valence-electron chi connectivity index (χ2n) is 8.22. The Hall–Kier alpha value is -3.20. The van der Waals surface area contributed by atoms with Gasteiger partial charge in [0.15, 0.2) is 4.80 Å². The van der Waals surface area contributed by atoms with E-state index in [1.54, 1.807) is 19.1 Å². The summed E-state index contributed by atoms with van der Waals surface area (Å²) in [4.78, 5) is 33.9. The van der Waals surface area contributed by atoms with E-state index in [4.69, 9.17) is 21.1 Å². The van der Waals surface area contributed by atoms with Crippen molar-refractivity contribution < 1.29 is 14.3 Å². The van der Waals surface area contributed by atoms with E-state index in [0.29, 0.717) is 25.6 Å². The average Bonchev–Trinajstić information content (AvgIpc) is 3.13. The maximum Gasteiger partial charge on any atom is 0.338 e. The van der Waals surface area contributed by atoms with Crippen LogP contribution in [0.2, 0.25) is 5.02 Å². The Morgan fingerprint density at radius 3 is 2.54 bits per heavy atom. The zero-order valence-electron chi connectivity index (χ0n) is 19.9. The smallest absolute Gasteiger partial charge is 0.338 e. The Morgan fingerprint density at radius 2 is 1.89 bits per heavy atom. The maximum absolute atomic E-state index is 13.7. The fraction of sp³-hybridized carbons (Fsp3) is 0.269. The van der Waals surface area contributed by atoms with Crippen molar-refractivity contribution >= 4 is 40.7 Å². The second-order valence-corrected chi connectivity index (χ2v) is 9.63. The molecule has 0 unspecified atom stereocenters. The van der Waals surface area contributed by atoms with Gasteiger partial charge in [0, 0.05) is 31.9 Å². The number of anilines is 1. The van der Waals surface area contributed by atoms with Gasteiger partial charge in [-0.15, -0.1) is 0 Å². The lowest BCUT2D eigenvalue weighted by Crippen LogP contribution is -2.40. The highest BCUT2D eigenvalue weighted by molar-refractivity contribution is 7.07. The molecule has 1 aliphatic rings. The zero-order valence-corrected chi connectivity index (χ0v) is 21.5. The Labute approximate surface area is 212 Å². The van der Waals surface area contributed by atoms with Gasteiger partial charge in [-0.3, -0.25) is 9.36 Å². The molecule has 1 atom stereocenters. The van der Waals surface area contributed by atoms with Crippen molar-refractivity contribution in [2.75, 3.05) is 39.3 Å². The molecule has 2 heterocycles. The Bertz CT molecular complexity index is 1450. The first-order valence-electron chi connectivity index (χ1n) is 11.0. The summed E-state index contributed by atoms with van der Waals surface area (Å²) >= 11 is 7.83. The molecule has 0 N–H and O–H groups in total. The van der Waals surface area contributed by atoms with Crippen LogP contribution in [0.25, 0.3) is 6.08 Å². The number of esters is 1. The van der Waals surface area contributed by atoms with Crippen molar-refractivity contribution in [1.29, 1.82) is 0 Å². The Kier molecular flexibility index (Phi) is 7.54. The highest BCUT2D eigenvalue weighted by Crippen LogP contribution is 2.34. The van der Waals surface area contributed by atoms with Crippen molar-refractivity contribution in [3.63, 3.8) is 0 Å². The molecule has 0 radical (unpaired) electrons. The molecule has 2 aromatic carbocycles. The number of rotatable bonds is 7. The summed E-state index contributed by atoms with van der Waals surface area (Å²) in [5.74, 6) is -0.554. The molecule has 0 saturated heterocycles.